The Morgan fingerprint density at radius 1 is 1.40 bits per heavy atom. The van der Waals surface area contributed by atoms with E-state index in [-0.39, 0.29) is 0 Å². The number of fused-ring (bicyclic) bond motifs is 1. The van der Waals surface area contributed by atoms with Crippen molar-refractivity contribution >= 4 is 0 Å². The van der Waals surface area contributed by atoms with Crippen molar-refractivity contribution in [3.63, 3.8) is 0 Å². The lowest BCUT2D eigenvalue weighted by Crippen LogP contribution is -2.23. The summed E-state index contributed by atoms with van der Waals surface area (Å²) in [7, 11) is 0. The molecule has 1 aromatic carbocycles. The molecule has 0 fully saturated rings. The molecule has 0 saturated carbocycles. The molecule has 15 heavy (non-hydrogen) atoms. The molecular formula is C14H18O. The summed E-state index contributed by atoms with van der Waals surface area (Å²) < 4.78 is 5.80. The highest BCUT2D eigenvalue weighted by Crippen LogP contribution is 2.23. The first-order valence-corrected chi connectivity index (χ1v) is 5.58. The van der Waals surface area contributed by atoms with Crippen LogP contribution in [0.2, 0.25) is 0 Å². The molecule has 0 aromatic heterocycles. The minimum absolute atomic E-state index is 0.386. The van der Waals surface area contributed by atoms with Crippen LogP contribution in [0.15, 0.2) is 36.4 Å². The molecule has 0 spiro atoms. The summed E-state index contributed by atoms with van der Waals surface area (Å²) >= 11 is 0. The van der Waals surface area contributed by atoms with E-state index in [1.807, 2.05) is 6.92 Å². The summed E-state index contributed by atoms with van der Waals surface area (Å²) in [6.07, 6.45) is 3.74. The predicted molar refractivity (Wildman–Crippen MR) is 63.0 cm³/mol. The molecule has 1 nitrogen and oxygen atoms in total. The molecule has 1 aliphatic rings. The number of benzene rings is 1. The highest BCUT2D eigenvalue weighted by atomic mass is 16.5. The Bertz CT molecular complexity index is 354. The van der Waals surface area contributed by atoms with Crippen LogP contribution in [-0.2, 0) is 17.6 Å². The molecule has 0 N–H and O–H groups in total. The van der Waals surface area contributed by atoms with E-state index in [9.17, 15) is 0 Å². The first-order valence-electron chi connectivity index (χ1n) is 5.58. The molecule has 0 saturated heterocycles. The van der Waals surface area contributed by atoms with Gasteiger partial charge in [0.2, 0.25) is 0 Å². The van der Waals surface area contributed by atoms with Crippen LogP contribution in [0.4, 0.5) is 0 Å². The first-order chi connectivity index (χ1) is 7.25. The average molecular weight is 202 g/mol. The van der Waals surface area contributed by atoms with Crippen LogP contribution >= 0.6 is 0 Å². The Labute approximate surface area is 91.8 Å². The van der Waals surface area contributed by atoms with Gasteiger partial charge in [0.15, 0.2) is 0 Å². The molecule has 0 amide bonds. The summed E-state index contributed by atoms with van der Waals surface area (Å²) in [4.78, 5) is 0. The van der Waals surface area contributed by atoms with Gasteiger partial charge in [-0.15, -0.1) is 0 Å². The number of ether oxygens (including phenoxy) is 1. The average Bonchev–Trinajstić information content (AvgIpc) is 2.26. The number of aryl methyl sites for hydroxylation is 1. The van der Waals surface area contributed by atoms with Crippen LogP contribution in [0.5, 0.6) is 0 Å². The van der Waals surface area contributed by atoms with Crippen molar-refractivity contribution < 1.29 is 4.74 Å². The fourth-order valence-electron chi connectivity index (χ4n) is 2.07. The Kier molecular flexibility index (Phi) is 3.22. The van der Waals surface area contributed by atoms with Gasteiger partial charge < -0.3 is 4.74 Å². The minimum atomic E-state index is 0.386. The van der Waals surface area contributed by atoms with Crippen molar-refractivity contribution in [2.24, 2.45) is 0 Å². The molecule has 0 radical (unpaired) electrons. The molecular weight excluding hydrogens is 184 g/mol. The Morgan fingerprint density at radius 3 is 2.87 bits per heavy atom. The van der Waals surface area contributed by atoms with Gasteiger partial charge in [0.1, 0.15) is 0 Å². The van der Waals surface area contributed by atoms with E-state index in [4.69, 9.17) is 4.74 Å². The molecule has 80 valence electrons. The molecule has 0 bridgehead atoms. The molecule has 1 aromatic rings. The van der Waals surface area contributed by atoms with E-state index in [1.54, 1.807) is 0 Å². The molecule has 1 atom stereocenters. The molecule has 1 heteroatoms. The monoisotopic (exact) mass is 202 g/mol. The molecule has 2 rings (SSSR count). The Balaban J connectivity index is 1.96. The predicted octanol–water partition coefficient (Wildman–Crippen LogP) is 3.14. The highest BCUT2D eigenvalue weighted by Gasteiger charge is 2.18. The zero-order valence-electron chi connectivity index (χ0n) is 9.33. The third kappa shape index (κ3) is 2.69. The second kappa shape index (κ2) is 4.63. The third-order valence-corrected chi connectivity index (χ3v) is 2.87. The van der Waals surface area contributed by atoms with Crippen molar-refractivity contribution in [1.82, 2.24) is 0 Å². The maximum atomic E-state index is 5.80. The van der Waals surface area contributed by atoms with E-state index >= 15 is 0 Å². The van der Waals surface area contributed by atoms with Crippen molar-refractivity contribution in [2.75, 3.05) is 6.61 Å². The number of hydrogen-bond donors (Lipinski definition) is 0. The van der Waals surface area contributed by atoms with Crippen LogP contribution < -0.4 is 0 Å². The van der Waals surface area contributed by atoms with Gasteiger partial charge in [0, 0.05) is 0 Å². The van der Waals surface area contributed by atoms with Crippen molar-refractivity contribution in [3.05, 3.63) is 47.5 Å². The zero-order chi connectivity index (χ0) is 10.7. The van der Waals surface area contributed by atoms with Crippen LogP contribution in [0, 0.1) is 0 Å². The fourth-order valence-corrected chi connectivity index (χ4v) is 2.07. The highest BCUT2D eigenvalue weighted by molar-refractivity contribution is 5.29. The summed E-state index contributed by atoms with van der Waals surface area (Å²) in [6.45, 7) is 6.57. The van der Waals surface area contributed by atoms with Gasteiger partial charge in [-0.1, -0.05) is 36.4 Å². The van der Waals surface area contributed by atoms with Gasteiger partial charge in [0.25, 0.3) is 0 Å². The van der Waals surface area contributed by atoms with Crippen molar-refractivity contribution in [2.45, 2.75) is 32.3 Å². The van der Waals surface area contributed by atoms with Gasteiger partial charge in [-0.3, -0.25) is 0 Å². The molecule has 0 heterocycles. The van der Waals surface area contributed by atoms with Gasteiger partial charge in [-0.2, -0.15) is 0 Å². The second-order valence-electron chi connectivity index (χ2n) is 4.40. The van der Waals surface area contributed by atoms with Crippen molar-refractivity contribution in [3.8, 4) is 0 Å². The van der Waals surface area contributed by atoms with Crippen LogP contribution in [-0.4, -0.2) is 12.7 Å². The maximum absolute atomic E-state index is 5.80. The van der Waals surface area contributed by atoms with Crippen LogP contribution in [0.3, 0.4) is 0 Å². The number of rotatable bonds is 3. The maximum Gasteiger partial charge on any atom is 0.0675 e. The van der Waals surface area contributed by atoms with Gasteiger partial charge in [0.05, 0.1) is 12.7 Å². The molecule has 1 aliphatic carbocycles. The number of hydrogen-bond acceptors (Lipinski definition) is 1. The van der Waals surface area contributed by atoms with Crippen molar-refractivity contribution in [1.29, 1.82) is 0 Å². The summed E-state index contributed by atoms with van der Waals surface area (Å²) in [5, 5.41) is 0. The first kappa shape index (κ1) is 10.4. The third-order valence-electron chi connectivity index (χ3n) is 2.87. The van der Waals surface area contributed by atoms with Crippen LogP contribution in [0.1, 0.15) is 24.5 Å². The standard InChI is InChI=1S/C14H18O/c1-11(2)10-15-14-8-7-12-5-3-4-6-13(12)9-14/h3-6,14H,1,7-10H2,2H3. The fraction of sp³-hybridized carbons (Fsp3) is 0.429. The smallest absolute Gasteiger partial charge is 0.0675 e. The Morgan fingerprint density at radius 2 is 2.13 bits per heavy atom. The quantitative estimate of drug-likeness (QED) is 0.684. The van der Waals surface area contributed by atoms with Crippen LogP contribution in [0.25, 0.3) is 0 Å². The molecule has 1 unspecified atom stereocenters. The summed E-state index contributed by atoms with van der Waals surface area (Å²) in [5.41, 5.74) is 4.05. The van der Waals surface area contributed by atoms with E-state index in [1.165, 1.54) is 11.1 Å². The van der Waals surface area contributed by atoms with Gasteiger partial charge >= 0.3 is 0 Å². The minimum Gasteiger partial charge on any atom is -0.374 e. The lowest BCUT2D eigenvalue weighted by molar-refractivity contribution is 0.0600. The van der Waals surface area contributed by atoms with Gasteiger partial charge in [-0.05, 0) is 37.3 Å². The lowest BCUT2D eigenvalue weighted by atomic mass is 9.90. The molecule has 0 aliphatic heterocycles. The second-order valence-corrected chi connectivity index (χ2v) is 4.40. The lowest BCUT2D eigenvalue weighted by Gasteiger charge is -2.24. The van der Waals surface area contributed by atoms with E-state index in [0.717, 1.165) is 24.8 Å². The largest absolute Gasteiger partial charge is 0.374 e. The van der Waals surface area contributed by atoms with E-state index < -0.39 is 0 Å². The van der Waals surface area contributed by atoms with Gasteiger partial charge in [-0.25, -0.2) is 0 Å². The normalized spacial score (nSPS) is 19.7. The summed E-state index contributed by atoms with van der Waals surface area (Å²) in [6, 6.07) is 8.67. The van der Waals surface area contributed by atoms with E-state index in [0.29, 0.717) is 12.7 Å². The Hall–Kier alpha value is -1.08. The zero-order valence-corrected chi connectivity index (χ0v) is 9.33. The topological polar surface area (TPSA) is 9.23 Å². The SMILES string of the molecule is C=C(C)COC1CCc2ccccc2C1. The summed E-state index contributed by atoms with van der Waals surface area (Å²) in [5.74, 6) is 0. The van der Waals surface area contributed by atoms with E-state index in [2.05, 4.69) is 30.8 Å².